The minimum Gasteiger partial charge on any atom is -0.487 e. The van der Waals surface area contributed by atoms with Crippen molar-refractivity contribution in [2.24, 2.45) is 0 Å². The number of amides is 1. The van der Waals surface area contributed by atoms with Gasteiger partial charge >= 0.3 is 0 Å². The fraction of sp³-hybridized carbons (Fsp3) is 0.133. The van der Waals surface area contributed by atoms with Crippen molar-refractivity contribution in [3.63, 3.8) is 0 Å². The van der Waals surface area contributed by atoms with E-state index in [-0.39, 0.29) is 5.91 Å². The van der Waals surface area contributed by atoms with Gasteiger partial charge in [0.05, 0.1) is 5.69 Å². The second-order valence-corrected chi connectivity index (χ2v) is 5.07. The molecule has 0 spiro atoms. The van der Waals surface area contributed by atoms with Crippen molar-refractivity contribution in [3.8, 4) is 5.75 Å². The number of nitrogens with one attached hydrogen (secondary N) is 1. The van der Waals surface area contributed by atoms with Gasteiger partial charge in [-0.3, -0.25) is 4.79 Å². The van der Waals surface area contributed by atoms with Crippen LogP contribution in [0.1, 0.15) is 15.9 Å². The standard InChI is InChI=1S/C15H15BrN2O2/c1-18-15(19)10-6-7-14(13(17)8-10)20-9-11-4-2-3-5-12(11)16/h2-8H,9,17H2,1H3,(H,18,19). The lowest BCUT2D eigenvalue weighted by Gasteiger charge is -2.11. The summed E-state index contributed by atoms with van der Waals surface area (Å²) >= 11 is 3.46. The van der Waals surface area contributed by atoms with Gasteiger partial charge in [0.1, 0.15) is 12.4 Å². The summed E-state index contributed by atoms with van der Waals surface area (Å²) in [6.45, 7) is 0.408. The average Bonchev–Trinajstić information content (AvgIpc) is 2.46. The monoisotopic (exact) mass is 334 g/mol. The molecule has 3 N–H and O–H groups in total. The second kappa shape index (κ2) is 6.43. The second-order valence-electron chi connectivity index (χ2n) is 4.21. The number of carbonyl (C=O) groups excluding carboxylic acids is 1. The van der Waals surface area contributed by atoms with Crippen LogP contribution in [0.5, 0.6) is 5.75 Å². The number of hydrogen-bond donors (Lipinski definition) is 2. The molecule has 0 heterocycles. The molecule has 0 aliphatic carbocycles. The number of nitrogen functional groups attached to an aromatic ring is 1. The highest BCUT2D eigenvalue weighted by atomic mass is 79.9. The van der Waals surface area contributed by atoms with Crippen LogP contribution < -0.4 is 15.8 Å². The Balaban J connectivity index is 2.11. The first-order valence-electron chi connectivity index (χ1n) is 6.09. The maximum absolute atomic E-state index is 11.5. The van der Waals surface area contributed by atoms with Crippen LogP contribution in [0.3, 0.4) is 0 Å². The Morgan fingerprint density at radius 2 is 2.05 bits per heavy atom. The third-order valence-corrected chi connectivity index (χ3v) is 3.61. The molecule has 0 fully saturated rings. The molecule has 2 aromatic carbocycles. The molecule has 0 aromatic heterocycles. The number of carbonyl (C=O) groups is 1. The predicted octanol–water partition coefficient (Wildman–Crippen LogP) is 2.97. The Labute approximate surface area is 126 Å². The van der Waals surface area contributed by atoms with Crippen molar-refractivity contribution in [1.29, 1.82) is 0 Å². The highest BCUT2D eigenvalue weighted by molar-refractivity contribution is 9.10. The lowest BCUT2D eigenvalue weighted by atomic mass is 10.1. The first-order valence-corrected chi connectivity index (χ1v) is 6.89. The zero-order valence-corrected chi connectivity index (χ0v) is 12.6. The summed E-state index contributed by atoms with van der Waals surface area (Å²) in [5.41, 5.74) is 7.88. The zero-order valence-electron chi connectivity index (χ0n) is 11.0. The van der Waals surface area contributed by atoms with Gasteiger partial charge in [-0.2, -0.15) is 0 Å². The molecule has 1 amide bonds. The molecule has 2 rings (SSSR count). The predicted molar refractivity (Wildman–Crippen MR) is 82.7 cm³/mol. The summed E-state index contributed by atoms with van der Waals surface area (Å²) in [6.07, 6.45) is 0. The smallest absolute Gasteiger partial charge is 0.251 e. The van der Waals surface area contributed by atoms with Crippen LogP contribution >= 0.6 is 15.9 Å². The number of ether oxygens (including phenoxy) is 1. The van der Waals surface area contributed by atoms with E-state index in [2.05, 4.69) is 21.2 Å². The van der Waals surface area contributed by atoms with Gasteiger partial charge in [-0.1, -0.05) is 34.1 Å². The van der Waals surface area contributed by atoms with E-state index in [0.717, 1.165) is 10.0 Å². The van der Waals surface area contributed by atoms with Gasteiger partial charge in [-0.05, 0) is 24.3 Å². The van der Waals surface area contributed by atoms with E-state index >= 15 is 0 Å². The molecule has 0 aliphatic rings. The normalized spacial score (nSPS) is 10.1. The average molecular weight is 335 g/mol. The molecular weight excluding hydrogens is 320 g/mol. The molecule has 2 aromatic rings. The Kier molecular flexibility index (Phi) is 4.63. The van der Waals surface area contributed by atoms with Gasteiger partial charge in [-0.15, -0.1) is 0 Å². The first kappa shape index (κ1) is 14.4. The molecule has 4 nitrogen and oxygen atoms in total. The third-order valence-electron chi connectivity index (χ3n) is 2.84. The van der Waals surface area contributed by atoms with Crippen LogP contribution in [0.2, 0.25) is 0 Å². The van der Waals surface area contributed by atoms with Crippen LogP contribution in [0.15, 0.2) is 46.9 Å². The maximum Gasteiger partial charge on any atom is 0.251 e. The largest absolute Gasteiger partial charge is 0.487 e. The van der Waals surface area contributed by atoms with Crippen molar-refractivity contribution in [3.05, 3.63) is 58.1 Å². The van der Waals surface area contributed by atoms with Gasteiger partial charge in [0.25, 0.3) is 5.91 Å². The highest BCUT2D eigenvalue weighted by Crippen LogP contribution is 2.25. The highest BCUT2D eigenvalue weighted by Gasteiger charge is 2.08. The molecule has 0 radical (unpaired) electrons. The third kappa shape index (κ3) is 3.30. The van der Waals surface area contributed by atoms with Gasteiger partial charge in [0.2, 0.25) is 0 Å². The van der Waals surface area contributed by atoms with Gasteiger partial charge in [-0.25, -0.2) is 0 Å². The van der Waals surface area contributed by atoms with Crippen LogP contribution in [0, 0.1) is 0 Å². The molecule has 0 atom stereocenters. The van der Waals surface area contributed by atoms with Crippen molar-refractivity contribution in [1.82, 2.24) is 5.32 Å². The van der Waals surface area contributed by atoms with E-state index in [1.165, 1.54) is 0 Å². The molecular formula is C15H15BrN2O2. The zero-order chi connectivity index (χ0) is 14.5. The van der Waals surface area contributed by atoms with Crippen LogP contribution in [0.25, 0.3) is 0 Å². The van der Waals surface area contributed by atoms with E-state index in [9.17, 15) is 4.79 Å². The maximum atomic E-state index is 11.5. The quantitative estimate of drug-likeness (QED) is 0.845. The summed E-state index contributed by atoms with van der Waals surface area (Å²) in [4.78, 5) is 11.5. The van der Waals surface area contributed by atoms with Crippen molar-refractivity contribution in [2.45, 2.75) is 6.61 Å². The molecule has 20 heavy (non-hydrogen) atoms. The molecule has 0 saturated carbocycles. The molecule has 5 heteroatoms. The van der Waals surface area contributed by atoms with E-state index in [0.29, 0.717) is 23.6 Å². The Morgan fingerprint density at radius 1 is 1.30 bits per heavy atom. The Morgan fingerprint density at radius 3 is 2.70 bits per heavy atom. The molecule has 0 saturated heterocycles. The Bertz CT molecular complexity index is 629. The van der Waals surface area contributed by atoms with Gasteiger partial charge in [0.15, 0.2) is 0 Å². The molecule has 0 aliphatic heterocycles. The molecule has 0 unspecified atom stereocenters. The first-order chi connectivity index (χ1) is 9.61. The minimum atomic E-state index is -0.172. The van der Waals surface area contributed by atoms with Crippen molar-refractivity contribution < 1.29 is 9.53 Å². The number of benzene rings is 2. The van der Waals surface area contributed by atoms with Gasteiger partial charge < -0.3 is 15.8 Å². The number of halogens is 1. The molecule has 104 valence electrons. The van der Waals surface area contributed by atoms with Crippen molar-refractivity contribution >= 4 is 27.5 Å². The summed E-state index contributed by atoms with van der Waals surface area (Å²) in [5.74, 6) is 0.391. The van der Waals surface area contributed by atoms with Crippen LogP contribution in [-0.2, 0) is 6.61 Å². The number of anilines is 1. The lowest BCUT2D eigenvalue weighted by Crippen LogP contribution is -2.17. The van der Waals surface area contributed by atoms with Crippen molar-refractivity contribution in [2.75, 3.05) is 12.8 Å². The number of rotatable bonds is 4. The van der Waals surface area contributed by atoms with E-state index in [1.54, 1.807) is 25.2 Å². The number of nitrogens with two attached hydrogens (primary N) is 1. The van der Waals surface area contributed by atoms with E-state index in [1.807, 2.05) is 24.3 Å². The number of hydrogen-bond acceptors (Lipinski definition) is 3. The minimum absolute atomic E-state index is 0.172. The summed E-state index contributed by atoms with van der Waals surface area (Å²) in [7, 11) is 1.58. The van der Waals surface area contributed by atoms with Crippen LogP contribution in [0.4, 0.5) is 5.69 Å². The van der Waals surface area contributed by atoms with E-state index < -0.39 is 0 Å². The summed E-state index contributed by atoms with van der Waals surface area (Å²) in [5, 5.41) is 2.55. The SMILES string of the molecule is CNC(=O)c1ccc(OCc2ccccc2Br)c(N)c1. The Hall–Kier alpha value is -2.01. The summed E-state index contributed by atoms with van der Waals surface area (Å²) in [6, 6.07) is 12.8. The topological polar surface area (TPSA) is 64.3 Å². The molecule has 0 bridgehead atoms. The van der Waals surface area contributed by atoms with E-state index in [4.69, 9.17) is 10.5 Å². The summed E-state index contributed by atoms with van der Waals surface area (Å²) < 4.78 is 6.67. The fourth-order valence-corrected chi connectivity index (χ4v) is 2.14. The van der Waals surface area contributed by atoms with Gasteiger partial charge in [0, 0.05) is 22.6 Å². The fourth-order valence-electron chi connectivity index (χ4n) is 1.74. The lowest BCUT2D eigenvalue weighted by molar-refractivity contribution is 0.0963. The van der Waals surface area contributed by atoms with Crippen LogP contribution in [-0.4, -0.2) is 13.0 Å².